The Morgan fingerprint density at radius 1 is 0.853 bits per heavy atom. The van der Waals surface area contributed by atoms with E-state index in [0.29, 0.717) is 29.2 Å². The van der Waals surface area contributed by atoms with Crippen LogP contribution in [0, 0.1) is 0 Å². The minimum atomic E-state index is -4.27. The Morgan fingerprint density at radius 3 is 1.91 bits per heavy atom. The van der Waals surface area contributed by atoms with Gasteiger partial charge in [0.15, 0.2) is 0 Å². The fourth-order valence-electron chi connectivity index (χ4n) is 3.83. The molecule has 0 atom stereocenters. The molecule has 0 aliphatic heterocycles. The molecular weight excluding hydrogens is 453 g/mol. The molecule has 3 aromatic rings. The van der Waals surface area contributed by atoms with Gasteiger partial charge in [0.05, 0.1) is 11.1 Å². The molecule has 0 saturated carbocycles. The van der Waals surface area contributed by atoms with Crippen molar-refractivity contribution in [2.45, 2.75) is 19.0 Å². The van der Waals surface area contributed by atoms with Crippen molar-refractivity contribution in [3.63, 3.8) is 0 Å². The van der Waals surface area contributed by atoms with E-state index in [1.165, 1.54) is 11.6 Å². The molecule has 0 bridgehead atoms. The van der Waals surface area contributed by atoms with Crippen LogP contribution in [0.1, 0.15) is 37.4 Å². The van der Waals surface area contributed by atoms with E-state index in [0.717, 1.165) is 17.4 Å². The lowest BCUT2D eigenvalue weighted by Crippen LogP contribution is -2.17. The number of esters is 2. The third kappa shape index (κ3) is 5.90. The van der Waals surface area contributed by atoms with Gasteiger partial charge in [-0.05, 0) is 28.6 Å². The molecule has 0 aromatic heterocycles. The van der Waals surface area contributed by atoms with Gasteiger partial charge in [-0.25, -0.2) is 9.59 Å². The first-order chi connectivity index (χ1) is 16.2. The van der Waals surface area contributed by atoms with Crippen LogP contribution in [0.4, 0.5) is 0 Å². The van der Waals surface area contributed by atoms with E-state index < -0.39 is 34.4 Å². The topological polar surface area (TPSA) is 107 Å². The molecule has 0 aliphatic carbocycles. The Bertz CT molecular complexity index is 1310. The molecule has 0 fully saturated rings. The molecule has 1 N–H and O–H groups in total. The molecule has 0 unspecified atom stereocenters. The molecule has 0 radical (unpaired) electrons. The summed E-state index contributed by atoms with van der Waals surface area (Å²) in [5.41, 5.74) is 3.36. The maximum Gasteiger partial charge on any atom is 0.344 e. The number of benzene rings is 3. The van der Waals surface area contributed by atoms with Crippen LogP contribution in [0.5, 0.6) is 5.75 Å². The number of carbonyl (C=O) groups excluding carboxylic acids is 2. The Morgan fingerprint density at radius 2 is 1.41 bits per heavy atom. The Balaban J connectivity index is 2.01. The maximum absolute atomic E-state index is 13.4. The highest BCUT2D eigenvalue weighted by Gasteiger charge is 2.22. The van der Waals surface area contributed by atoms with Crippen molar-refractivity contribution in [3.8, 4) is 5.75 Å². The van der Waals surface area contributed by atoms with E-state index in [9.17, 15) is 18.0 Å². The third-order valence-electron chi connectivity index (χ3n) is 5.59. The van der Waals surface area contributed by atoms with Crippen molar-refractivity contribution in [2.75, 3.05) is 12.4 Å². The molecule has 11 heteroatoms. The fraction of sp³-hybridized carbons (Fsp3) is 0.217. The Kier molecular flexibility index (Phi) is 8.22. The Labute approximate surface area is 201 Å². The molecule has 7 nitrogen and oxygen atoms in total. The highest BCUT2D eigenvalue weighted by Crippen LogP contribution is 2.30. The van der Waals surface area contributed by atoms with Gasteiger partial charge >= 0.3 is 11.9 Å². The number of carbonyl (C=O) groups is 2. The third-order valence-corrected chi connectivity index (χ3v) is 6.27. The number of hydrogen-bond acceptors (Lipinski definition) is 6. The second kappa shape index (κ2) is 10.9. The summed E-state index contributed by atoms with van der Waals surface area (Å²) < 4.78 is 41.7. The summed E-state index contributed by atoms with van der Waals surface area (Å²) in [4.78, 5) is 26.1. The van der Waals surface area contributed by atoms with Gasteiger partial charge in [-0.1, -0.05) is 60.9 Å². The number of fused-ring (bicyclic) bond motifs is 1. The molecule has 34 heavy (non-hydrogen) atoms. The number of hydrogen-bond donors (Lipinski definition) is 1. The zero-order valence-electron chi connectivity index (χ0n) is 19.5. The molecule has 0 saturated heterocycles. The average Bonchev–Trinajstić information content (AvgIpc) is 2.82. The fourth-order valence-corrected chi connectivity index (χ4v) is 4.13. The highest BCUT2D eigenvalue weighted by atomic mass is 32.2. The average molecular weight is 478 g/mol. The van der Waals surface area contributed by atoms with Crippen molar-refractivity contribution in [2.24, 2.45) is 0 Å². The first-order valence-corrected chi connectivity index (χ1v) is 12.8. The summed E-state index contributed by atoms with van der Waals surface area (Å²) in [6.07, 6.45) is 2.27. The molecule has 3 rings (SSSR count). The van der Waals surface area contributed by atoms with Crippen LogP contribution in [-0.4, -0.2) is 60.8 Å². The maximum atomic E-state index is 13.4. The molecule has 0 amide bonds. The van der Waals surface area contributed by atoms with Gasteiger partial charge in [-0.3, -0.25) is 4.55 Å². The lowest BCUT2D eigenvalue weighted by molar-refractivity contribution is 0.0530. The van der Waals surface area contributed by atoms with Crippen molar-refractivity contribution in [3.05, 3.63) is 76.3 Å². The predicted molar refractivity (Wildman–Crippen MR) is 139 cm³/mol. The van der Waals surface area contributed by atoms with Crippen LogP contribution < -0.4 is 4.74 Å². The van der Waals surface area contributed by atoms with Gasteiger partial charge in [0.2, 0.25) is 0 Å². The van der Waals surface area contributed by atoms with Crippen LogP contribution in [0.3, 0.4) is 0 Å². The summed E-state index contributed by atoms with van der Waals surface area (Å²) in [6.45, 7) is -0.510. The van der Waals surface area contributed by atoms with E-state index in [4.69, 9.17) is 14.0 Å². The number of ether oxygens (including phenoxy) is 2. The van der Waals surface area contributed by atoms with Crippen molar-refractivity contribution >= 4 is 56.4 Å². The molecule has 0 heterocycles. The molecule has 0 aliphatic rings. The smallest absolute Gasteiger partial charge is 0.344 e. The molecule has 3 aromatic carbocycles. The normalized spacial score (nSPS) is 11.3. The van der Waals surface area contributed by atoms with E-state index in [-0.39, 0.29) is 11.1 Å². The second-order valence-electron chi connectivity index (χ2n) is 7.82. The van der Waals surface area contributed by atoms with Crippen molar-refractivity contribution in [1.29, 1.82) is 0 Å². The lowest BCUT2D eigenvalue weighted by Gasteiger charge is -2.16. The van der Waals surface area contributed by atoms with Gasteiger partial charge in [0.1, 0.15) is 41.6 Å². The van der Waals surface area contributed by atoms with Crippen molar-refractivity contribution < 1.29 is 32.0 Å². The first-order valence-electron chi connectivity index (χ1n) is 11.2. The molecular formula is C23H25B3O7S. The molecule has 0 spiro atoms. The van der Waals surface area contributed by atoms with Crippen LogP contribution >= 0.6 is 0 Å². The zero-order chi connectivity index (χ0) is 24.9. The summed E-state index contributed by atoms with van der Waals surface area (Å²) in [7, 11) is 1.81. The Hall–Kier alpha value is -3.04. The number of rotatable bonds is 9. The van der Waals surface area contributed by atoms with Gasteiger partial charge in [0, 0.05) is 5.39 Å². The lowest BCUT2D eigenvalue weighted by atomic mass is 9.85. The molecule has 174 valence electrons. The van der Waals surface area contributed by atoms with Gasteiger partial charge in [0.25, 0.3) is 10.1 Å². The minimum Gasteiger partial charge on any atom is -0.461 e. The second-order valence-corrected chi connectivity index (χ2v) is 9.40. The summed E-state index contributed by atoms with van der Waals surface area (Å²) >= 11 is 0. The quantitative estimate of drug-likeness (QED) is 0.207. The van der Waals surface area contributed by atoms with Crippen molar-refractivity contribution in [1.82, 2.24) is 0 Å². The summed E-state index contributed by atoms with van der Waals surface area (Å²) in [6, 6.07) is 14.0. The van der Waals surface area contributed by atoms with E-state index in [1.807, 2.05) is 27.8 Å². The SMILES string of the molecule is BCc1cc(CB)c(OC(=O)c2cccc3cccc(C(=O)OCCS(=O)(=O)O)c23)c(CB)c1. The van der Waals surface area contributed by atoms with Gasteiger partial charge in [-0.15, -0.1) is 0 Å². The van der Waals surface area contributed by atoms with Gasteiger partial charge in [-0.2, -0.15) is 8.42 Å². The van der Waals surface area contributed by atoms with Gasteiger partial charge < -0.3 is 9.47 Å². The van der Waals surface area contributed by atoms with E-state index >= 15 is 0 Å². The van der Waals surface area contributed by atoms with Crippen LogP contribution in [0.25, 0.3) is 10.8 Å². The largest absolute Gasteiger partial charge is 0.461 e. The van der Waals surface area contributed by atoms with Crippen LogP contribution in [0.15, 0.2) is 48.5 Å². The summed E-state index contributed by atoms with van der Waals surface area (Å²) in [5.74, 6) is -1.58. The highest BCUT2D eigenvalue weighted by molar-refractivity contribution is 7.85. The zero-order valence-corrected chi connectivity index (χ0v) is 20.3. The van der Waals surface area contributed by atoms with Crippen LogP contribution in [0.2, 0.25) is 0 Å². The monoisotopic (exact) mass is 478 g/mol. The first kappa shape index (κ1) is 25.6. The van der Waals surface area contributed by atoms with E-state index in [1.54, 1.807) is 30.3 Å². The summed E-state index contributed by atoms with van der Waals surface area (Å²) in [5, 5.41) is 0.986. The van der Waals surface area contributed by atoms with Crippen LogP contribution in [-0.2, 0) is 33.8 Å². The van der Waals surface area contributed by atoms with E-state index in [2.05, 4.69) is 7.85 Å². The minimum absolute atomic E-state index is 0.105. The predicted octanol–water partition coefficient (Wildman–Crippen LogP) is 0.503. The standard InChI is InChI=1S/C23H25B3O7S/c24-11-14-9-16(12-25)21(17(10-14)13-26)33-23(28)19-6-2-4-15-3-1-5-18(20(15)19)22(27)32-7-8-34(29,30)31/h1-6,9-10H,7-8,11-13,24-26H2,(H,29,30,31).